The van der Waals surface area contributed by atoms with Crippen LogP contribution in [-0.2, 0) is 0 Å². The molecule has 0 saturated heterocycles. The van der Waals surface area contributed by atoms with Crippen molar-refractivity contribution in [3.8, 4) is 0 Å². The van der Waals surface area contributed by atoms with E-state index in [1.807, 2.05) is 0 Å². The fraction of sp³-hybridized carbons (Fsp3) is 0.714. The van der Waals surface area contributed by atoms with Gasteiger partial charge in [0.25, 0.3) is 5.13 Å². The van der Waals surface area contributed by atoms with E-state index in [9.17, 15) is 13.2 Å². The van der Waals surface area contributed by atoms with Crippen molar-refractivity contribution in [3.63, 3.8) is 0 Å². The highest BCUT2D eigenvalue weighted by atomic mass is 35.5. The van der Waals surface area contributed by atoms with E-state index in [1.165, 1.54) is 12.2 Å². The highest BCUT2D eigenvalue weighted by molar-refractivity contribution is 6.24. The Kier molecular flexibility index (Phi) is 1.20. The Morgan fingerprint density at radius 3 is 2.00 bits per heavy atom. The van der Waals surface area contributed by atoms with E-state index in [4.69, 9.17) is 11.6 Å². The summed E-state index contributed by atoms with van der Waals surface area (Å²) in [7, 11) is 0. The van der Waals surface area contributed by atoms with Crippen LogP contribution in [0.5, 0.6) is 0 Å². The SMILES string of the molecule is FC1(F)C2C=CC(C2)C1(F)Cl. The van der Waals surface area contributed by atoms with Crippen LogP contribution in [0.1, 0.15) is 6.42 Å². The minimum absolute atomic E-state index is 0.146. The van der Waals surface area contributed by atoms with Crippen molar-refractivity contribution in [3.05, 3.63) is 12.2 Å². The first kappa shape index (κ1) is 7.47. The van der Waals surface area contributed by atoms with Gasteiger partial charge in [0, 0.05) is 11.8 Å². The molecule has 1 saturated carbocycles. The lowest BCUT2D eigenvalue weighted by Crippen LogP contribution is -2.42. The monoisotopic (exact) mass is 182 g/mol. The van der Waals surface area contributed by atoms with Gasteiger partial charge in [0.05, 0.1) is 0 Å². The summed E-state index contributed by atoms with van der Waals surface area (Å²) in [5, 5.41) is -2.84. The first-order valence-electron chi connectivity index (χ1n) is 3.40. The molecule has 2 aliphatic carbocycles. The molecule has 3 atom stereocenters. The quantitative estimate of drug-likeness (QED) is 0.399. The molecule has 3 unspecified atom stereocenters. The highest BCUT2D eigenvalue weighted by Crippen LogP contribution is 2.60. The van der Waals surface area contributed by atoms with Crippen LogP contribution in [0.3, 0.4) is 0 Å². The van der Waals surface area contributed by atoms with Crippen LogP contribution in [0, 0.1) is 11.8 Å². The highest BCUT2D eigenvalue weighted by Gasteiger charge is 2.69. The third kappa shape index (κ3) is 0.675. The van der Waals surface area contributed by atoms with Gasteiger partial charge in [-0.25, -0.2) is 13.2 Å². The maximum absolute atomic E-state index is 13.0. The Morgan fingerprint density at radius 1 is 1.18 bits per heavy atom. The molecule has 0 spiro atoms. The average molecular weight is 183 g/mol. The summed E-state index contributed by atoms with van der Waals surface area (Å²) in [4.78, 5) is 0. The second-order valence-electron chi connectivity index (χ2n) is 3.08. The van der Waals surface area contributed by atoms with Crippen LogP contribution in [0.2, 0.25) is 0 Å². The van der Waals surface area contributed by atoms with Crippen molar-refractivity contribution in [2.45, 2.75) is 17.5 Å². The molecule has 11 heavy (non-hydrogen) atoms. The van der Waals surface area contributed by atoms with E-state index >= 15 is 0 Å². The minimum atomic E-state index is -3.38. The third-order valence-corrected chi connectivity index (χ3v) is 2.99. The molecule has 0 aromatic carbocycles. The lowest BCUT2D eigenvalue weighted by Gasteiger charge is -2.28. The first-order chi connectivity index (χ1) is 4.96. The van der Waals surface area contributed by atoms with Gasteiger partial charge in [-0.05, 0) is 6.42 Å². The smallest absolute Gasteiger partial charge is 0.219 e. The molecular weight excluding hydrogens is 177 g/mol. The largest absolute Gasteiger partial charge is 0.301 e. The van der Waals surface area contributed by atoms with Gasteiger partial charge >= 0.3 is 5.92 Å². The third-order valence-electron chi connectivity index (χ3n) is 2.46. The summed E-state index contributed by atoms with van der Waals surface area (Å²) in [6, 6.07) is 0. The molecule has 4 heteroatoms. The normalized spacial score (nSPS) is 52.0. The van der Waals surface area contributed by atoms with Crippen molar-refractivity contribution >= 4 is 11.6 Å². The number of allylic oxidation sites excluding steroid dienone is 2. The second kappa shape index (κ2) is 1.76. The number of hydrogen-bond donors (Lipinski definition) is 0. The lowest BCUT2D eigenvalue weighted by atomic mass is 10.0. The molecule has 2 bridgehead atoms. The van der Waals surface area contributed by atoms with Crippen LogP contribution >= 0.6 is 11.6 Å². The van der Waals surface area contributed by atoms with Gasteiger partial charge in [0.2, 0.25) is 0 Å². The topological polar surface area (TPSA) is 0 Å². The molecule has 0 aromatic heterocycles. The van der Waals surface area contributed by atoms with E-state index in [0.29, 0.717) is 0 Å². The van der Waals surface area contributed by atoms with Gasteiger partial charge in [-0.3, -0.25) is 0 Å². The predicted octanol–water partition coefficient (Wildman–Crippen LogP) is 2.73. The van der Waals surface area contributed by atoms with E-state index in [2.05, 4.69) is 0 Å². The number of rotatable bonds is 0. The lowest BCUT2D eigenvalue weighted by molar-refractivity contribution is -0.103. The van der Waals surface area contributed by atoms with Gasteiger partial charge in [-0.2, -0.15) is 0 Å². The fourth-order valence-electron chi connectivity index (χ4n) is 1.73. The molecule has 2 rings (SSSR count). The van der Waals surface area contributed by atoms with E-state index in [0.717, 1.165) is 0 Å². The number of fused-ring (bicyclic) bond motifs is 2. The molecule has 2 aliphatic rings. The average Bonchev–Trinajstić information content (AvgIpc) is 2.37. The molecule has 0 amide bonds. The molecule has 0 heterocycles. The van der Waals surface area contributed by atoms with Crippen molar-refractivity contribution in [2.75, 3.05) is 0 Å². The van der Waals surface area contributed by atoms with Gasteiger partial charge < -0.3 is 0 Å². The zero-order chi connectivity index (χ0) is 8.28. The maximum Gasteiger partial charge on any atom is 0.301 e. The van der Waals surface area contributed by atoms with Crippen LogP contribution < -0.4 is 0 Å². The zero-order valence-electron chi connectivity index (χ0n) is 5.53. The van der Waals surface area contributed by atoms with E-state index in [-0.39, 0.29) is 6.42 Å². The molecule has 1 fully saturated rings. The van der Waals surface area contributed by atoms with Crippen molar-refractivity contribution in [1.29, 1.82) is 0 Å². The fourth-order valence-corrected chi connectivity index (χ4v) is 2.03. The summed E-state index contributed by atoms with van der Waals surface area (Å²) in [5.74, 6) is -5.17. The van der Waals surface area contributed by atoms with Crippen molar-refractivity contribution in [2.24, 2.45) is 11.8 Å². The second-order valence-corrected chi connectivity index (χ2v) is 3.63. The number of hydrogen-bond acceptors (Lipinski definition) is 0. The van der Waals surface area contributed by atoms with Crippen molar-refractivity contribution in [1.82, 2.24) is 0 Å². The van der Waals surface area contributed by atoms with Crippen LogP contribution in [0.15, 0.2) is 12.2 Å². The Labute approximate surface area is 67.0 Å². The zero-order valence-corrected chi connectivity index (χ0v) is 6.28. The van der Waals surface area contributed by atoms with Crippen LogP contribution in [-0.4, -0.2) is 11.1 Å². The van der Waals surface area contributed by atoms with Gasteiger partial charge in [0.15, 0.2) is 0 Å². The maximum atomic E-state index is 13.0. The van der Waals surface area contributed by atoms with E-state index in [1.54, 1.807) is 0 Å². The summed E-state index contributed by atoms with van der Waals surface area (Å²) >= 11 is 5.09. The summed E-state index contributed by atoms with van der Waals surface area (Å²) in [6.45, 7) is 0. The predicted molar refractivity (Wildman–Crippen MR) is 35.4 cm³/mol. The van der Waals surface area contributed by atoms with Gasteiger partial charge in [-0.15, -0.1) is 0 Å². The molecule has 0 aromatic rings. The molecular formula is C7H6ClF3. The summed E-state index contributed by atoms with van der Waals surface area (Å²) in [6.07, 6.45) is 2.94. The number of alkyl halides is 4. The van der Waals surface area contributed by atoms with Crippen LogP contribution in [0.25, 0.3) is 0 Å². The van der Waals surface area contributed by atoms with Crippen molar-refractivity contribution < 1.29 is 13.2 Å². The standard InChI is InChI=1S/C7H6ClF3/c8-6(9)4-1-2-5(3-4)7(6,10)11/h1-2,4-5H,3H2. The molecule has 0 nitrogen and oxygen atoms in total. The summed E-state index contributed by atoms with van der Waals surface area (Å²) < 4.78 is 38.8. The van der Waals surface area contributed by atoms with Gasteiger partial charge in [-0.1, -0.05) is 23.8 Å². The molecule has 0 N–H and O–H groups in total. The minimum Gasteiger partial charge on any atom is -0.219 e. The molecule has 62 valence electrons. The Hall–Kier alpha value is -0.180. The van der Waals surface area contributed by atoms with Crippen LogP contribution in [0.4, 0.5) is 13.2 Å². The Balaban J connectivity index is 2.45. The Morgan fingerprint density at radius 2 is 1.73 bits per heavy atom. The van der Waals surface area contributed by atoms with Gasteiger partial charge in [0.1, 0.15) is 0 Å². The molecule has 0 aliphatic heterocycles. The van der Waals surface area contributed by atoms with E-state index < -0.39 is 22.9 Å². The first-order valence-corrected chi connectivity index (χ1v) is 3.78. The number of halogens is 4. The molecule has 0 radical (unpaired) electrons. The summed E-state index contributed by atoms with van der Waals surface area (Å²) in [5.41, 5.74) is 0. The Bertz CT molecular complexity index is 200.